The van der Waals surface area contributed by atoms with Crippen LogP contribution >= 0.6 is 0 Å². The Labute approximate surface area is 224 Å². The van der Waals surface area contributed by atoms with Crippen molar-refractivity contribution in [2.75, 3.05) is 33.5 Å². The molecule has 2 N–H and O–H groups in total. The van der Waals surface area contributed by atoms with Gasteiger partial charge in [0.15, 0.2) is 5.54 Å². The number of esters is 1. The molecule has 0 bridgehead atoms. The summed E-state index contributed by atoms with van der Waals surface area (Å²) in [6.45, 7) is 6.27. The standard InChI is InChI=1S/C29H38N2O7/c1-28(2,3)38-25(33)14-16-29(27(34)30-17-15-21-8-5-6-9-24(21)35-4)20-37-26(31-29)22-10-12-23(13-11-22)36-19-7-18-32/h5-6,8-13,32H,7,14-20H2,1-4H3,(H,30,34)/t29-/m1/s1. The molecule has 0 saturated carbocycles. The third kappa shape index (κ3) is 8.21. The maximum absolute atomic E-state index is 13.5. The summed E-state index contributed by atoms with van der Waals surface area (Å²) in [4.78, 5) is 30.6. The minimum absolute atomic E-state index is 0.0143. The molecule has 38 heavy (non-hydrogen) atoms. The largest absolute Gasteiger partial charge is 0.496 e. The van der Waals surface area contributed by atoms with Gasteiger partial charge in [-0.3, -0.25) is 9.59 Å². The fourth-order valence-electron chi connectivity index (χ4n) is 3.99. The summed E-state index contributed by atoms with van der Waals surface area (Å²) in [7, 11) is 1.61. The molecule has 0 unspecified atom stereocenters. The molecular weight excluding hydrogens is 488 g/mol. The van der Waals surface area contributed by atoms with Crippen molar-refractivity contribution < 1.29 is 33.6 Å². The van der Waals surface area contributed by atoms with E-state index in [0.29, 0.717) is 43.2 Å². The van der Waals surface area contributed by atoms with Gasteiger partial charge in [-0.25, -0.2) is 4.99 Å². The second kappa shape index (κ2) is 13.3. The summed E-state index contributed by atoms with van der Waals surface area (Å²) in [6.07, 6.45) is 1.29. The fourth-order valence-corrected chi connectivity index (χ4v) is 3.99. The molecule has 1 heterocycles. The molecule has 0 aliphatic carbocycles. The third-order valence-corrected chi connectivity index (χ3v) is 5.89. The molecule has 1 aliphatic heterocycles. The first-order valence-electron chi connectivity index (χ1n) is 12.8. The van der Waals surface area contributed by atoms with E-state index < -0.39 is 17.1 Å². The zero-order valence-electron chi connectivity index (χ0n) is 22.6. The van der Waals surface area contributed by atoms with E-state index in [1.165, 1.54) is 0 Å². The maximum atomic E-state index is 13.5. The lowest BCUT2D eigenvalue weighted by Crippen LogP contribution is -2.47. The van der Waals surface area contributed by atoms with Gasteiger partial charge in [-0.15, -0.1) is 0 Å². The molecule has 2 aromatic rings. The number of methoxy groups -OCH3 is 1. The summed E-state index contributed by atoms with van der Waals surface area (Å²) in [5.41, 5.74) is -0.210. The molecule has 206 valence electrons. The predicted octanol–water partition coefficient (Wildman–Crippen LogP) is 3.45. The molecule has 3 rings (SSSR count). The Hall–Kier alpha value is -3.59. The van der Waals surface area contributed by atoms with Crippen molar-refractivity contribution in [2.24, 2.45) is 4.99 Å². The van der Waals surface area contributed by atoms with E-state index in [0.717, 1.165) is 11.3 Å². The van der Waals surface area contributed by atoms with Gasteiger partial charge in [-0.1, -0.05) is 18.2 Å². The predicted molar refractivity (Wildman–Crippen MR) is 144 cm³/mol. The van der Waals surface area contributed by atoms with Gasteiger partial charge >= 0.3 is 5.97 Å². The van der Waals surface area contributed by atoms with E-state index in [4.69, 9.17) is 29.0 Å². The van der Waals surface area contributed by atoms with Crippen LogP contribution in [-0.4, -0.2) is 67.5 Å². The quantitative estimate of drug-likeness (QED) is 0.303. The summed E-state index contributed by atoms with van der Waals surface area (Å²) in [5.74, 6) is 1.04. The lowest BCUT2D eigenvalue weighted by Gasteiger charge is -2.24. The van der Waals surface area contributed by atoms with Gasteiger partial charge in [0, 0.05) is 31.6 Å². The van der Waals surface area contributed by atoms with E-state index in [1.54, 1.807) is 52.1 Å². The maximum Gasteiger partial charge on any atom is 0.306 e. The lowest BCUT2D eigenvalue weighted by molar-refractivity contribution is -0.155. The highest BCUT2D eigenvalue weighted by Crippen LogP contribution is 2.29. The molecule has 1 aliphatic rings. The van der Waals surface area contributed by atoms with E-state index in [2.05, 4.69) is 5.32 Å². The highest BCUT2D eigenvalue weighted by atomic mass is 16.6. The SMILES string of the molecule is COc1ccccc1CCNC(=O)[C@@]1(CCC(=O)OC(C)(C)C)COC(c2ccc(OCCCO)cc2)=N1. The molecule has 1 amide bonds. The average Bonchev–Trinajstić information content (AvgIpc) is 3.33. The zero-order valence-corrected chi connectivity index (χ0v) is 22.6. The lowest BCUT2D eigenvalue weighted by atomic mass is 9.94. The van der Waals surface area contributed by atoms with Crippen molar-refractivity contribution in [1.82, 2.24) is 5.32 Å². The van der Waals surface area contributed by atoms with Crippen LogP contribution < -0.4 is 14.8 Å². The molecule has 0 radical (unpaired) electrons. The van der Waals surface area contributed by atoms with Crippen LogP contribution in [0.25, 0.3) is 0 Å². The Bertz CT molecular complexity index is 1110. The van der Waals surface area contributed by atoms with Crippen LogP contribution in [0.15, 0.2) is 53.5 Å². The highest BCUT2D eigenvalue weighted by molar-refractivity contribution is 6.00. The van der Waals surface area contributed by atoms with E-state index in [1.807, 2.05) is 24.3 Å². The van der Waals surface area contributed by atoms with Gasteiger partial charge < -0.3 is 29.4 Å². The van der Waals surface area contributed by atoms with Crippen LogP contribution in [0.5, 0.6) is 11.5 Å². The fraction of sp³-hybridized carbons (Fsp3) is 0.483. The number of carbonyl (C=O) groups excluding carboxylic acids is 2. The molecule has 9 heteroatoms. The van der Waals surface area contributed by atoms with E-state index in [-0.39, 0.29) is 32.0 Å². The van der Waals surface area contributed by atoms with Crippen LogP contribution in [0.3, 0.4) is 0 Å². The van der Waals surface area contributed by atoms with Crippen molar-refractivity contribution in [1.29, 1.82) is 0 Å². The number of benzene rings is 2. The van der Waals surface area contributed by atoms with Gasteiger partial charge in [0.1, 0.15) is 23.7 Å². The number of aliphatic hydroxyl groups is 1. The Balaban J connectivity index is 1.74. The number of aliphatic imine (C=N–C) groups is 1. The number of aliphatic hydroxyl groups excluding tert-OH is 1. The molecule has 9 nitrogen and oxygen atoms in total. The number of hydrogen-bond acceptors (Lipinski definition) is 8. The van der Waals surface area contributed by atoms with Gasteiger partial charge in [0.05, 0.1) is 13.7 Å². The highest BCUT2D eigenvalue weighted by Gasteiger charge is 2.44. The van der Waals surface area contributed by atoms with Crippen LogP contribution in [0.2, 0.25) is 0 Å². The first-order chi connectivity index (χ1) is 18.2. The molecule has 0 spiro atoms. The zero-order chi connectivity index (χ0) is 27.6. The number of rotatable bonds is 13. The minimum atomic E-state index is -1.26. The topological polar surface area (TPSA) is 116 Å². The third-order valence-electron chi connectivity index (χ3n) is 5.89. The normalized spacial score (nSPS) is 16.8. The molecule has 0 fully saturated rings. The van der Waals surface area contributed by atoms with Gasteiger partial charge in [-0.05, 0) is 69.5 Å². The number of hydrogen-bond donors (Lipinski definition) is 2. The van der Waals surface area contributed by atoms with Crippen molar-refractivity contribution in [3.63, 3.8) is 0 Å². The summed E-state index contributed by atoms with van der Waals surface area (Å²) in [5, 5.41) is 11.9. The first kappa shape index (κ1) is 29.0. The number of carbonyl (C=O) groups is 2. The molecular formula is C29H38N2O7. The number of ether oxygens (including phenoxy) is 4. The Morgan fingerprint density at radius 2 is 1.87 bits per heavy atom. The van der Waals surface area contributed by atoms with Crippen molar-refractivity contribution >= 4 is 17.8 Å². The second-order valence-electron chi connectivity index (χ2n) is 10.1. The Morgan fingerprint density at radius 3 is 2.55 bits per heavy atom. The number of amides is 1. The Morgan fingerprint density at radius 1 is 1.13 bits per heavy atom. The van der Waals surface area contributed by atoms with Crippen LogP contribution in [0.1, 0.15) is 51.2 Å². The van der Waals surface area contributed by atoms with Crippen molar-refractivity contribution in [3.8, 4) is 11.5 Å². The monoisotopic (exact) mass is 526 g/mol. The number of para-hydroxylation sites is 1. The molecule has 0 aromatic heterocycles. The van der Waals surface area contributed by atoms with E-state index in [9.17, 15) is 9.59 Å². The van der Waals surface area contributed by atoms with Gasteiger partial charge in [0.25, 0.3) is 5.91 Å². The Kier molecular flexibility index (Phi) is 10.1. The van der Waals surface area contributed by atoms with Crippen LogP contribution in [0, 0.1) is 0 Å². The number of nitrogens with zero attached hydrogens (tertiary/aromatic N) is 1. The summed E-state index contributed by atoms with van der Waals surface area (Å²) >= 11 is 0. The first-order valence-corrected chi connectivity index (χ1v) is 12.8. The van der Waals surface area contributed by atoms with Crippen molar-refractivity contribution in [2.45, 2.75) is 57.6 Å². The van der Waals surface area contributed by atoms with E-state index >= 15 is 0 Å². The van der Waals surface area contributed by atoms with Gasteiger partial charge in [-0.2, -0.15) is 0 Å². The van der Waals surface area contributed by atoms with Gasteiger partial charge in [0.2, 0.25) is 5.90 Å². The average molecular weight is 527 g/mol. The molecule has 1 atom stereocenters. The smallest absolute Gasteiger partial charge is 0.306 e. The van der Waals surface area contributed by atoms with Crippen LogP contribution in [0.4, 0.5) is 0 Å². The minimum Gasteiger partial charge on any atom is -0.496 e. The molecule has 0 saturated heterocycles. The van der Waals surface area contributed by atoms with Crippen LogP contribution in [-0.2, 0) is 25.5 Å². The van der Waals surface area contributed by atoms with Crippen molar-refractivity contribution in [3.05, 3.63) is 59.7 Å². The second-order valence-corrected chi connectivity index (χ2v) is 10.1. The number of nitrogens with one attached hydrogen (secondary N) is 1. The molecule has 2 aromatic carbocycles. The summed E-state index contributed by atoms with van der Waals surface area (Å²) < 4.78 is 22.3. The summed E-state index contributed by atoms with van der Waals surface area (Å²) in [6, 6.07) is 14.8.